The van der Waals surface area contributed by atoms with E-state index < -0.39 is 6.10 Å². The first-order chi connectivity index (χ1) is 10.5. The molecule has 1 atom stereocenters. The van der Waals surface area contributed by atoms with Crippen molar-refractivity contribution in [1.82, 2.24) is 0 Å². The largest absolute Gasteiger partial charge is 0.481 e. The molecule has 3 nitrogen and oxygen atoms in total. The van der Waals surface area contributed by atoms with Crippen molar-refractivity contribution in [3.8, 4) is 5.75 Å². The van der Waals surface area contributed by atoms with Gasteiger partial charge in [0.2, 0.25) is 0 Å². The Morgan fingerprint density at radius 1 is 1.00 bits per heavy atom. The monoisotopic (exact) mass is 297 g/mol. The lowest BCUT2D eigenvalue weighted by Gasteiger charge is -2.19. The third-order valence-corrected chi connectivity index (χ3v) is 3.60. The summed E-state index contributed by atoms with van der Waals surface area (Å²) in [6.45, 7) is 8.00. The fourth-order valence-corrected chi connectivity index (χ4v) is 2.32. The van der Waals surface area contributed by atoms with Gasteiger partial charge in [0, 0.05) is 5.69 Å². The topological polar surface area (TPSA) is 38.3 Å². The van der Waals surface area contributed by atoms with Crippen molar-refractivity contribution in [3.05, 3.63) is 59.7 Å². The number of anilines is 1. The second kappa shape index (κ2) is 7.12. The molecular weight excluding hydrogens is 274 g/mol. The minimum Gasteiger partial charge on any atom is -0.481 e. The molecule has 0 aromatic heterocycles. The number of para-hydroxylation sites is 2. The summed E-state index contributed by atoms with van der Waals surface area (Å²) >= 11 is 0. The van der Waals surface area contributed by atoms with Crippen molar-refractivity contribution >= 4 is 11.6 Å². The third-order valence-electron chi connectivity index (χ3n) is 3.60. The summed E-state index contributed by atoms with van der Waals surface area (Å²) in [6.07, 6.45) is -0.554. The van der Waals surface area contributed by atoms with Gasteiger partial charge in [-0.1, -0.05) is 50.2 Å². The summed E-state index contributed by atoms with van der Waals surface area (Å²) in [4.78, 5) is 12.4. The summed E-state index contributed by atoms with van der Waals surface area (Å²) < 4.78 is 5.68. The van der Waals surface area contributed by atoms with Gasteiger partial charge in [-0.25, -0.2) is 0 Å². The SMILES string of the molecule is Cc1cccc(C(C)C)c1NC(=O)[C@H](C)Oc1ccccc1. The molecule has 116 valence electrons. The molecule has 0 aliphatic rings. The first-order valence-corrected chi connectivity index (χ1v) is 7.61. The van der Waals surface area contributed by atoms with Crippen molar-refractivity contribution in [2.75, 3.05) is 5.32 Å². The van der Waals surface area contributed by atoms with Crippen LogP contribution in [0.3, 0.4) is 0 Å². The van der Waals surface area contributed by atoms with E-state index in [1.807, 2.05) is 49.4 Å². The summed E-state index contributed by atoms with van der Waals surface area (Å²) in [5, 5.41) is 3.02. The van der Waals surface area contributed by atoms with E-state index in [0.29, 0.717) is 11.7 Å². The van der Waals surface area contributed by atoms with Gasteiger partial charge in [0.1, 0.15) is 5.75 Å². The Kier molecular flexibility index (Phi) is 5.21. The van der Waals surface area contributed by atoms with Crippen LogP contribution in [0.25, 0.3) is 0 Å². The van der Waals surface area contributed by atoms with Crippen LogP contribution < -0.4 is 10.1 Å². The summed E-state index contributed by atoms with van der Waals surface area (Å²) in [6, 6.07) is 15.5. The second-order valence-corrected chi connectivity index (χ2v) is 5.76. The zero-order valence-corrected chi connectivity index (χ0v) is 13.6. The molecule has 2 aromatic carbocycles. The standard InChI is InChI=1S/C19H23NO2/c1-13(2)17-12-8-9-14(3)18(17)20-19(21)15(4)22-16-10-6-5-7-11-16/h5-13,15H,1-4H3,(H,20,21)/t15-/m0/s1. The Morgan fingerprint density at radius 3 is 2.32 bits per heavy atom. The predicted octanol–water partition coefficient (Wildman–Crippen LogP) is 4.52. The van der Waals surface area contributed by atoms with Gasteiger partial charge in [-0.05, 0) is 43.0 Å². The molecule has 3 heteroatoms. The highest BCUT2D eigenvalue weighted by molar-refractivity contribution is 5.95. The molecule has 0 heterocycles. The fraction of sp³-hybridized carbons (Fsp3) is 0.316. The molecule has 2 aromatic rings. The Labute approximate surface area is 132 Å². The first kappa shape index (κ1) is 16.1. The van der Waals surface area contributed by atoms with Crippen LogP contribution >= 0.6 is 0 Å². The number of ether oxygens (including phenoxy) is 1. The second-order valence-electron chi connectivity index (χ2n) is 5.76. The quantitative estimate of drug-likeness (QED) is 0.881. The number of carbonyl (C=O) groups is 1. The molecule has 0 aliphatic heterocycles. The fourth-order valence-electron chi connectivity index (χ4n) is 2.32. The van der Waals surface area contributed by atoms with Gasteiger partial charge < -0.3 is 10.1 Å². The van der Waals surface area contributed by atoms with E-state index in [1.54, 1.807) is 6.92 Å². The van der Waals surface area contributed by atoms with E-state index in [-0.39, 0.29) is 5.91 Å². The van der Waals surface area contributed by atoms with Crippen LogP contribution in [-0.2, 0) is 4.79 Å². The maximum absolute atomic E-state index is 12.4. The number of amides is 1. The van der Waals surface area contributed by atoms with Crippen LogP contribution in [0.5, 0.6) is 5.75 Å². The summed E-state index contributed by atoms with van der Waals surface area (Å²) in [5.41, 5.74) is 3.10. The molecule has 0 unspecified atom stereocenters. The van der Waals surface area contributed by atoms with E-state index in [0.717, 1.165) is 16.8 Å². The van der Waals surface area contributed by atoms with Crippen molar-refractivity contribution in [2.24, 2.45) is 0 Å². The minimum absolute atomic E-state index is 0.139. The maximum atomic E-state index is 12.4. The van der Waals surface area contributed by atoms with Gasteiger partial charge in [0.05, 0.1) is 0 Å². The van der Waals surface area contributed by atoms with Crippen LogP contribution in [-0.4, -0.2) is 12.0 Å². The molecule has 1 N–H and O–H groups in total. The number of rotatable bonds is 5. The van der Waals surface area contributed by atoms with Crippen molar-refractivity contribution in [2.45, 2.75) is 39.7 Å². The minimum atomic E-state index is -0.554. The molecule has 22 heavy (non-hydrogen) atoms. The lowest BCUT2D eigenvalue weighted by Crippen LogP contribution is -2.30. The zero-order chi connectivity index (χ0) is 16.1. The Morgan fingerprint density at radius 2 is 1.68 bits per heavy atom. The van der Waals surface area contributed by atoms with Crippen LogP contribution in [0.4, 0.5) is 5.69 Å². The third kappa shape index (κ3) is 3.88. The molecular formula is C19H23NO2. The van der Waals surface area contributed by atoms with Crippen LogP contribution in [0.1, 0.15) is 37.8 Å². The molecule has 0 saturated heterocycles. The average molecular weight is 297 g/mol. The highest BCUT2D eigenvalue weighted by Gasteiger charge is 2.18. The normalized spacial score (nSPS) is 12.0. The Balaban J connectivity index is 2.12. The molecule has 2 rings (SSSR count). The first-order valence-electron chi connectivity index (χ1n) is 7.61. The number of hydrogen-bond acceptors (Lipinski definition) is 2. The van der Waals surface area contributed by atoms with Crippen LogP contribution in [0.15, 0.2) is 48.5 Å². The van der Waals surface area contributed by atoms with E-state index in [1.165, 1.54) is 0 Å². The van der Waals surface area contributed by atoms with Crippen LogP contribution in [0, 0.1) is 6.92 Å². The maximum Gasteiger partial charge on any atom is 0.265 e. The predicted molar refractivity (Wildman–Crippen MR) is 90.4 cm³/mol. The highest BCUT2D eigenvalue weighted by atomic mass is 16.5. The molecule has 0 spiro atoms. The van der Waals surface area contributed by atoms with E-state index in [4.69, 9.17) is 4.74 Å². The molecule has 0 fully saturated rings. The summed E-state index contributed by atoms with van der Waals surface area (Å²) in [7, 11) is 0. The van der Waals surface area contributed by atoms with Gasteiger partial charge in [0.15, 0.2) is 6.10 Å². The Hall–Kier alpha value is -2.29. The highest BCUT2D eigenvalue weighted by Crippen LogP contribution is 2.27. The number of carbonyl (C=O) groups excluding carboxylic acids is 1. The van der Waals surface area contributed by atoms with Gasteiger partial charge in [-0.15, -0.1) is 0 Å². The van der Waals surface area contributed by atoms with Crippen molar-refractivity contribution in [3.63, 3.8) is 0 Å². The van der Waals surface area contributed by atoms with E-state index in [9.17, 15) is 4.79 Å². The van der Waals surface area contributed by atoms with Crippen molar-refractivity contribution < 1.29 is 9.53 Å². The molecule has 0 aliphatic carbocycles. The van der Waals surface area contributed by atoms with Gasteiger partial charge in [0.25, 0.3) is 5.91 Å². The average Bonchev–Trinajstić information content (AvgIpc) is 2.49. The molecule has 0 saturated carbocycles. The van der Waals surface area contributed by atoms with Crippen LogP contribution in [0.2, 0.25) is 0 Å². The van der Waals surface area contributed by atoms with E-state index in [2.05, 4.69) is 25.2 Å². The van der Waals surface area contributed by atoms with Crippen molar-refractivity contribution in [1.29, 1.82) is 0 Å². The smallest absolute Gasteiger partial charge is 0.265 e. The number of hydrogen-bond donors (Lipinski definition) is 1. The zero-order valence-electron chi connectivity index (χ0n) is 13.6. The number of benzene rings is 2. The number of nitrogens with one attached hydrogen (secondary N) is 1. The Bertz CT molecular complexity index is 635. The molecule has 0 bridgehead atoms. The lowest BCUT2D eigenvalue weighted by molar-refractivity contribution is -0.122. The summed E-state index contributed by atoms with van der Waals surface area (Å²) in [5.74, 6) is 0.902. The lowest BCUT2D eigenvalue weighted by atomic mass is 9.98. The molecule has 0 radical (unpaired) electrons. The van der Waals surface area contributed by atoms with Gasteiger partial charge in [-0.3, -0.25) is 4.79 Å². The van der Waals surface area contributed by atoms with Gasteiger partial charge in [-0.2, -0.15) is 0 Å². The van der Waals surface area contributed by atoms with Gasteiger partial charge >= 0.3 is 0 Å². The molecule has 1 amide bonds. The number of aryl methyl sites for hydroxylation is 1. The van der Waals surface area contributed by atoms with E-state index >= 15 is 0 Å².